The molecule has 42 heavy (non-hydrogen) atoms. The van der Waals surface area contributed by atoms with E-state index in [1.807, 2.05) is 55.7 Å². The van der Waals surface area contributed by atoms with Gasteiger partial charge in [-0.15, -0.1) is 0 Å². The van der Waals surface area contributed by atoms with E-state index in [1.54, 1.807) is 16.4 Å². The molecule has 0 bridgehead atoms. The number of aliphatic hydroxyl groups excluding tert-OH is 2. The third-order valence-corrected chi connectivity index (χ3v) is 9.77. The van der Waals surface area contributed by atoms with Crippen LogP contribution in [0.2, 0.25) is 0 Å². The summed E-state index contributed by atoms with van der Waals surface area (Å²) in [7, 11) is -3.96. The number of hydrogen-bond acceptors (Lipinski definition) is 5. The first-order chi connectivity index (χ1) is 19.4. The number of rotatable bonds is 12. The second-order valence-corrected chi connectivity index (χ2v) is 13.0. The van der Waals surface area contributed by atoms with Crippen molar-refractivity contribution in [3.63, 3.8) is 0 Å². The second kappa shape index (κ2) is 14.6. The fraction of sp³-hybridized carbons (Fsp3) is 0.452. The van der Waals surface area contributed by atoms with E-state index in [0.29, 0.717) is 34.6 Å². The number of aliphatic hydroxyl groups is 2. The minimum atomic E-state index is -3.96. The third-order valence-electron chi connectivity index (χ3n) is 7.68. The maximum atomic E-state index is 14.5. The minimum absolute atomic E-state index is 0. The molecule has 224 valence electrons. The number of carbonyl (C=O) groups is 1. The van der Waals surface area contributed by atoms with Gasteiger partial charge in [-0.25, -0.2) is 12.8 Å². The van der Waals surface area contributed by atoms with Crippen molar-refractivity contribution in [1.29, 1.82) is 0 Å². The van der Waals surface area contributed by atoms with Gasteiger partial charge < -0.3 is 21.3 Å². The van der Waals surface area contributed by atoms with Gasteiger partial charge in [0.25, 0.3) is 0 Å². The van der Waals surface area contributed by atoms with Crippen LogP contribution in [0.3, 0.4) is 0 Å². The van der Waals surface area contributed by atoms with Gasteiger partial charge in [0.05, 0.1) is 24.3 Å². The van der Waals surface area contributed by atoms with E-state index in [2.05, 4.69) is 0 Å². The Morgan fingerprint density at radius 2 is 1.69 bits per heavy atom. The maximum Gasteiger partial charge on any atom is 1.00 e. The van der Waals surface area contributed by atoms with Crippen molar-refractivity contribution in [3.8, 4) is 22.4 Å². The van der Waals surface area contributed by atoms with Gasteiger partial charge in [-0.1, -0.05) is 44.2 Å². The van der Waals surface area contributed by atoms with Gasteiger partial charge >= 0.3 is 35.5 Å². The Bertz CT molecular complexity index is 1470. The van der Waals surface area contributed by atoms with E-state index >= 15 is 0 Å². The fourth-order valence-corrected chi connectivity index (χ4v) is 8.10. The normalized spacial score (nSPS) is 17.3. The first-order valence-corrected chi connectivity index (χ1v) is 15.5. The molecule has 11 heteroatoms. The van der Waals surface area contributed by atoms with Gasteiger partial charge in [-0.3, -0.25) is 4.79 Å². The monoisotopic (exact) mass is 610 g/mol. The molecule has 2 heterocycles. The molecular weight excluding hydrogens is 570 g/mol. The largest absolute Gasteiger partial charge is 1.00 e. The van der Waals surface area contributed by atoms with Crippen molar-refractivity contribution in [2.24, 2.45) is 0 Å². The number of aromatic nitrogens is 1. The van der Waals surface area contributed by atoms with E-state index < -0.39 is 40.4 Å². The minimum Gasteiger partial charge on any atom is -1.00 e. The molecule has 0 aliphatic carbocycles. The molecule has 1 unspecified atom stereocenters. The summed E-state index contributed by atoms with van der Waals surface area (Å²) >= 11 is 0. The number of aliphatic carboxylic acids is 1. The zero-order chi connectivity index (χ0) is 29.9. The van der Waals surface area contributed by atoms with Gasteiger partial charge in [0.1, 0.15) is 10.7 Å². The first-order valence-electron chi connectivity index (χ1n) is 14.1. The quantitative estimate of drug-likeness (QED) is 0.271. The van der Waals surface area contributed by atoms with E-state index in [0.717, 1.165) is 12.8 Å². The molecule has 8 nitrogen and oxygen atoms in total. The fourth-order valence-electron chi connectivity index (χ4n) is 5.84. The molecule has 1 aliphatic heterocycles. The number of sulfonamides is 1. The summed E-state index contributed by atoms with van der Waals surface area (Å²) in [4.78, 5) is 11.2. The zero-order valence-corrected chi connectivity index (χ0v) is 27.5. The SMILES string of the molecule is CC(C)c1c(S(=O)(=O)N2CCCC2C)c(-c2ccccc2)c(-c2ccc(F)cc2)n1CC[C@@H](O)C[C@@H](O)CC(=O)O.[H-].[Na+]. The molecule has 1 fully saturated rings. The van der Waals surface area contributed by atoms with Crippen LogP contribution in [-0.2, 0) is 21.4 Å². The molecule has 0 amide bonds. The summed E-state index contributed by atoms with van der Waals surface area (Å²) in [5.41, 5.74) is 3.04. The molecular formula is C31H40FN2NaO6S. The number of benzene rings is 2. The Kier molecular flexibility index (Phi) is 12.0. The van der Waals surface area contributed by atoms with E-state index in [9.17, 15) is 27.8 Å². The smallest absolute Gasteiger partial charge is 1.00 e. The van der Waals surface area contributed by atoms with Crippen LogP contribution in [0.15, 0.2) is 59.5 Å². The number of hydrogen-bond donors (Lipinski definition) is 3. The van der Waals surface area contributed by atoms with E-state index in [1.165, 1.54) is 12.1 Å². The molecule has 1 aromatic heterocycles. The molecule has 0 spiro atoms. The predicted octanol–water partition coefficient (Wildman–Crippen LogP) is 2.35. The van der Waals surface area contributed by atoms with Crippen molar-refractivity contribution in [3.05, 3.63) is 66.1 Å². The number of carboxylic acids is 1. The van der Waals surface area contributed by atoms with Crippen LogP contribution in [0.5, 0.6) is 0 Å². The summed E-state index contributed by atoms with van der Waals surface area (Å²) in [6.07, 6.45) is -1.15. The van der Waals surface area contributed by atoms with Gasteiger partial charge in [-0.05, 0) is 73.9 Å². The van der Waals surface area contributed by atoms with Crippen LogP contribution in [0.4, 0.5) is 4.39 Å². The molecule has 3 N–H and O–H groups in total. The molecule has 4 rings (SSSR count). The number of carboxylic acid groups (broad SMARTS) is 1. The topological polar surface area (TPSA) is 120 Å². The third kappa shape index (κ3) is 7.53. The number of halogens is 1. The maximum absolute atomic E-state index is 14.5. The van der Waals surface area contributed by atoms with Gasteiger partial charge in [0.2, 0.25) is 10.0 Å². The molecule has 1 saturated heterocycles. The molecule has 0 saturated carbocycles. The van der Waals surface area contributed by atoms with Crippen LogP contribution >= 0.6 is 0 Å². The van der Waals surface area contributed by atoms with E-state index in [4.69, 9.17) is 5.11 Å². The van der Waals surface area contributed by atoms with Gasteiger partial charge in [0, 0.05) is 30.4 Å². The Balaban J connectivity index is 0.00000323. The Morgan fingerprint density at radius 1 is 1.05 bits per heavy atom. The van der Waals surface area contributed by atoms with E-state index in [-0.39, 0.29) is 67.2 Å². The Morgan fingerprint density at radius 3 is 2.24 bits per heavy atom. The molecule has 3 atom stereocenters. The summed E-state index contributed by atoms with van der Waals surface area (Å²) < 4.78 is 46.5. The van der Waals surface area contributed by atoms with Crippen molar-refractivity contribution in [1.82, 2.24) is 8.87 Å². The second-order valence-electron chi connectivity index (χ2n) is 11.2. The van der Waals surface area contributed by atoms with Crippen LogP contribution in [0.25, 0.3) is 22.4 Å². The summed E-state index contributed by atoms with van der Waals surface area (Å²) in [6.45, 7) is 6.39. The van der Waals surface area contributed by atoms with Crippen LogP contribution in [0.1, 0.15) is 65.9 Å². The number of nitrogens with zero attached hydrogens (tertiary/aromatic N) is 2. The van der Waals surface area contributed by atoms with Crippen LogP contribution in [0, 0.1) is 5.82 Å². The zero-order valence-electron chi connectivity index (χ0n) is 25.7. The van der Waals surface area contributed by atoms with Crippen molar-refractivity contribution in [2.45, 2.75) is 88.5 Å². The van der Waals surface area contributed by atoms with Gasteiger partial charge in [-0.2, -0.15) is 4.31 Å². The first kappa shape index (κ1) is 34.4. The standard InChI is InChI=1S/C31H39FN2O6S.Na.H/c1-20(2)29-31(41(39,40)34-16-7-8-21(34)3)28(22-9-5-4-6-10-22)30(23-11-13-24(32)14-12-23)33(29)17-15-25(35)18-26(36)19-27(37)38;;/h4-6,9-14,20-21,25-26,35-36H,7-8,15-19H2,1-3H3,(H,37,38);;/q;+1;-1/t21?,25-,26-;;/m1../s1. The molecule has 1 aliphatic rings. The summed E-state index contributed by atoms with van der Waals surface area (Å²) in [5, 5.41) is 29.8. The van der Waals surface area contributed by atoms with Crippen molar-refractivity contribution in [2.75, 3.05) is 6.54 Å². The summed E-state index contributed by atoms with van der Waals surface area (Å²) in [6, 6.07) is 15.0. The van der Waals surface area contributed by atoms with Gasteiger partial charge in [0.15, 0.2) is 0 Å². The molecule has 2 aromatic carbocycles. The summed E-state index contributed by atoms with van der Waals surface area (Å²) in [5.74, 6) is -1.81. The average molecular weight is 611 g/mol. The average Bonchev–Trinajstić information content (AvgIpc) is 3.50. The van der Waals surface area contributed by atoms with Crippen molar-refractivity contribution < 1.29 is 63.9 Å². The van der Waals surface area contributed by atoms with Crippen molar-refractivity contribution >= 4 is 16.0 Å². The van der Waals surface area contributed by atoms with Crippen LogP contribution in [-0.4, -0.2) is 63.4 Å². The Hall–Kier alpha value is -2.05. The van der Waals surface area contributed by atoms with Crippen LogP contribution < -0.4 is 29.6 Å². The predicted molar refractivity (Wildman–Crippen MR) is 157 cm³/mol. The molecule has 0 radical (unpaired) electrons. The molecule has 3 aromatic rings. The Labute approximate surface area is 271 Å².